The van der Waals surface area contributed by atoms with Gasteiger partial charge >= 0.3 is 0 Å². The number of rotatable bonds is 5. The molecular formula is C17H23N7. The van der Waals surface area contributed by atoms with E-state index >= 15 is 0 Å². The Labute approximate surface area is 141 Å². The van der Waals surface area contributed by atoms with Crippen LogP contribution in [0.3, 0.4) is 0 Å². The van der Waals surface area contributed by atoms with Crippen molar-refractivity contribution in [1.82, 2.24) is 29.4 Å². The zero-order valence-corrected chi connectivity index (χ0v) is 14.3. The Bertz CT molecular complexity index is 834. The molecule has 0 amide bonds. The van der Waals surface area contributed by atoms with Crippen molar-refractivity contribution in [3.63, 3.8) is 0 Å². The van der Waals surface area contributed by atoms with E-state index in [1.54, 1.807) is 6.33 Å². The lowest BCUT2D eigenvalue weighted by molar-refractivity contribution is 0.505. The van der Waals surface area contributed by atoms with E-state index in [-0.39, 0.29) is 0 Å². The van der Waals surface area contributed by atoms with Gasteiger partial charge in [-0.25, -0.2) is 4.98 Å². The first kappa shape index (κ1) is 15.1. The fourth-order valence-electron chi connectivity index (χ4n) is 3.54. The molecule has 0 aliphatic carbocycles. The van der Waals surface area contributed by atoms with Gasteiger partial charge in [-0.1, -0.05) is 13.3 Å². The molecule has 7 heteroatoms. The normalized spacial score (nSPS) is 17.9. The van der Waals surface area contributed by atoms with Crippen LogP contribution in [0, 0.1) is 6.92 Å². The Balaban J connectivity index is 1.68. The molecular weight excluding hydrogens is 302 g/mol. The molecule has 4 heterocycles. The van der Waals surface area contributed by atoms with Gasteiger partial charge in [-0.2, -0.15) is 19.7 Å². The van der Waals surface area contributed by atoms with Crippen LogP contribution in [0.25, 0.3) is 5.78 Å². The highest BCUT2D eigenvalue weighted by Gasteiger charge is 2.28. The van der Waals surface area contributed by atoms with E-state index in [0.29, 0.717) is 11.8 Å². The minimum Gasteiger partial charge on any atom is -0.352 e. The number of nitrogens with zero attached hydrogens (tertiary/aromatic N) is 7. The Kier molecular flexibility index (Phi) is 3.92. The SMILES string of the molecule is CCCc1cc(N2CCC[C@@H]2Cn2cc(C)cn2)n2ncnc2n1. The molecule has 0 radical (unpaired) electrons. The average molecular weight is 325 g/mol. The van der Waals surface area contributed by atoms with Crippen LogP contribution in [0.4, 0.5) is 5.82 Å². The van der Waals surface area contributed by atoms with Crippen LogP contribution in [-0.2, 0) is 13.0 Å². The lowest BCUT2D eigenvalue weighted by Gasteiger charge is -2.27. The van der Waals surface area contributed by atoms with E-state index in [1.807, 2.05) is 15.4 Å². The van der Waals surface area contributed by atoms with E-state index in [1.165, 1.54) is 18.4 Å². The van der Waals surface area contributed by atoms with Crippen molar-refractivity contribution in [2.24, 2.45) is 0 Å². The summed E-state index contributed by atoms with van der Waals surface area (Å²) in [6.07, 6.45) is 10.0. The molecule has 7 nitrogen and oxygen atoms in total. The van der Waals surface area contributed by atoms with Gasteiger partial charge < -0.3 is 4.90 Å². The van der Waals surface area contributed by atoms with Crippen LogP contribution in [0.5, 0.6) is 0 Å². The Morgan fingerprint density at radius 2 is 2.21 bits per heavy atom. The highest BCUT2D eigenvalue weighted by atomic mass is 15.4. The summed E-state index contributed by atoms with van der Waals surface area (Å²) in [6, 6.07) is 2.60. The summed E-state index contributed by atoms with van der Waals surface area (Å²) in [7, 11) is 0. The minimum absolute atomic E-state index is 0.425. The van der Waals surface area contributed by atoms with Gasteiger partial charge in [0.05, 0.1) is 18.8 Å². The molecule has 1 aliphatic heterocycles. The second kappa shape index (κ2) is 6.22. The molecule has 1 fully saturated rings. The van der Waals surface area contributed by atoms with Gasteiger partial charge in [0.2, 0.25) is 0 Å². The molecule has 0 spiro atoms. The van der Waals surface area contributed by atoms with E-state index in [9.17, 15) is 0 Å². The molecule has 24 heavy (non-hydrogen) atoms. The predicted octanol–water partition coefficient (Wildman–Crippen LogP) is 2.25. The summed E-state index contributed by atoms with van der Waals surface area (Å²) in [5.74, 6) is 1.80. The first-order valence-corrected chi connectivity index (χ1v) is 8.70. The Morgan fingerprint density at radius 1 is 1.29 bits per heavy atom. The second-order valence-corrected chi connectivity index (χ2v) is 6.56. The molecule has 1 saturated heterocycles. The van der Waals surface area contributed by atoms with Crippen molar-refractivity contribution in [1.29, 1.82) is 0 Å². The predicted molar refractivity (Wildman–Crippen MR) is 92.1 cm³/mol. The maximum Gasteiger partial charge on any atom is 0.254 e. The molecule has 4 rings (SSSR count). The van der Waals surface area contributed by atoms with Gasteiger partial charge in [0.1, 0.15) is 12.1 Å². The van der Waals surface area contributed by atoms with Gasteiger partial charge in [0, 0.05) is 24.5 Å². The maximum absolute atomic E-state index is 4.61. The van der Waals surface area contributed by atoms with Crippen molar-refractivity contribution in [2.45, 2.75) is 52.1 Å². The summed E-state index contributed by atoms with van der Waals surface area (Å²) in [4.78, 5) is 11.4. The van der Waals surface area contributed by atoms with E-state index in [0.717, 1.165) is 37.4 Å². The van der Waals surface area contributed by atoms with Crippen LogP contribution in [-0.4, -0.2) is 41.9 Å². The smallest absolute Gasteiger partial charge is 0.254 e. The van der Waals surface area contributed by atoms with Crippen molar-refractivity contribution >= 4 is 11.6 Å². The average Bonchev–Trinajstić information content (AvgIpc) is 3.28. The second-order valence-electron chi connectivity index (χ2n) is 6.56. The van der Waals surface area contributed by atoms with Crippen LogP contribution in [0.1, 0.15) is 37.4 Å². The van der Waals surface area contributed by atoms with Gasteiger partial charge in [-0.15, -0.1) is 0 Å². The van der Waals surface area contributed by atoms with Crippen molar-refractivity contribution in [3.8, 4) is 0 Å². The lowest BCUT2D eigenvalue weighted by Crippen LogP contribution is -2.34. The maximum atomic E-state index is 4.61. The number of aryl methyl sites for hydroxylation is 2. The number of aromatic nitrogens is 6. The molecule has 3 aromatic heterocycles. The van der Waals surface area contributed by atoms with Crippen molar-refractivity contribution in [3.05, 3.63) is 36.0 Å². The van der Waals surface area contributed by atoms with Crippen molar-refractivity contribution < 1.29 is 0 Å². The van der Waals surface area contributed by atoms with Gasteiger partial charge in [0.25, 0.3) is 5.78 Å². The van der Waals surface area contributed by atoms with Crippen molar-refractivity contribution in [2.75, 3.05) is 11.4 Å². The standard InChI is InChI=1S/C17H23N7/c1-3-5-14-8-16(24-17(21-14)18-12-20-24)23-7-4-6-15(23)11-22-10-13(2)9-19-22/h8-10,12,15H,3-7,11H2,1-2H3/t15-/m1/s1. The number of anilines is 1. The molecule has 0 saturated carbocycles. The Hall–Kier alpha value is -2.44. The van der Waals surface area contributed by atoms with Gasteiger partial charge in [-0.05, 0) is 31.7 Å². The van der Waals surface area contributed by atoms with E-state index < -0.39 is 0 Å². The summed E-state index contributed by atoms with van der Waals surface area (Å²) >= 11 is 0. The van der Waals surface area contributed by atoms with Crippen LogP contribution < -0.4 is 4.90 Å². The lowest BCUT2D eigenvalue weighted by atomic mass is 10.2. The molecule has 0 bridgehead atoms. The summed E-state index contributed by atoms with van der Waals surface area (Å²) in [5, 5.41) is 8.84. The molecule has 3 aromatic rings. The molecule has 1 aliphatic rings. The van der Waals surface area contributed by atoms with Crippen LogP contribution in [0.15, 0.2) is 24.8 Å². The van der Waals surface area contributed by atoms with E-state index in [4.69, 9.17) is 0 Å². The summed E-state index contributed by atoms with van der Waals surface area (Å²) in [5.41, 5.74) is 2.29. The quantitative estimate of drug-likeness (QED) is 0.720. The topological polar surface area (TPSA) is 64.1 Å². The molecule has 0 unspecified atom stereocenters. The summed E-state index contributed by atoms with van der Waals surface area (Å²) in [6.45, 7) is 6.19. The number of hydrogen-bond acceptors (Lipinski definition) is 5. The third-order valence-corrected chi connectivity index (χ3v) is 4.62. The molecule has 0 N–H and O–H groups in total. The molecule has 126 valence electrons. The van der Waals surface area contributed by atoms with E-state index in [2.05, 4.69) is 51.2 Å². The number of hydrogen-bond donors (Lipinski definition) is 0. The van der Waals surface area contributed by atoms with Gasteiger partial charge in [-0.3, -0.25) is 4.68 Å². The Morgan fingerprint density at radius 3 is 3.00 bits per heavy atom. The third-order valence-electron chi connectivity index (χ3n) is 4.62. The monoisotopic (exact) mass is 325 g/mol. The zero-order chi connectivity index (χ0) is 16.5. The van der Waals surface area contributed by atoms with Gasteiger partial charge in [0.15, 0.2) is 0 Å². The third kappa shape index (κ3) is 2.74. The first-order valence-electron chi connectivity index (χ1n) is 8.70. The fourth-order valence-corrected chi connectivity index (χ4v) is 3.54. The first-order chi connectivity index (χ1) is 11.7. The van der Waals surface area contributed by atoms with Crippen LogP contribution in [0.2, 0.25) is 0 Å². The number of fused-ring (bicyclic) bond motifs is 1. The highest BCUT2D eigenvalue weighted by molar-refractivity contribution is 5.49. The largest absolute Gasteiger partial charge is 0.352 e. The fraction of sp³-hybridized carbons (Fsp3) is 0.529. The molecule has 1 atom stereocenters. The molecule has 0 aromatic carbocycles. The van der Waals surface area contributed by atoms with Crippen LogP contribution >= 0.6 is 0 Å². The summed E-state index contributed by atoms with van der Waals surface area (Å²) < 4.78 is 3.91. The highest BCUT2D eigenvalue weighted by Crippen LogP contribution is 2.27. The zero-order valence-electron chi connectivity index (χ0n) is 14.3. The minimum atomic E-state index is 0.425.